The van der Waals surface area contributed by atoms with Crippen LogP contribution in [0.5, 0.6) is 0 Å². The smallest absolute Gasteiger partial charge is 0.130 e. The van der Waals surface area contributed by atoms with Gasteiger partial charge in [0.1, 0.15) is 5.82 Å². The maximum absolute atomic E-state index is 13.3. The molecule has 0 heterocycles. The van der Waals surface area contributed by atoms with Crippen molar-refractivity contribution in [1.29, 1.82) is 0 Å². The van der Waals surface area contributed by atoms with Crippen LogP contribution in [-0.4, -0.2) is 5.11 Å². The number of benzene rings is 1. The lowest BCUT2D eigenvalue weighted by Crippen LogP contribution is -1.99. The number of aliphatic hydroxyl groups excluding tert-OH is 1. The summed E-state index contributed by atoms with van der Waals surface area (Å²) in [5.41, 5.74) is 0.288. The van der Waals surface area contributed by atoms with Crippen LogP contribution in [0.25, 0.3) is 0 Å². The standard InChI is InChI=1S/C11H12ClFO/c1-2-3-4-11(14)9-6-5-8(12)7-10(9)13/h2,5-7,11,14H,1,3-4H2. The summed E-state index contributed by atoms with van der Waals surface area (Å²) in [5, 5.41) is 9.93. The van der Waals surface area contributed by atoms with Crippen LogP contribution in [0.4, 0.5) is 4.39 Å². The van der Waals surface area contributed by atoms with E-state index in [0.717, 1.165) is 0 Å². The van der Waals surface area contributed by atoms with Crippen molar-refractivity contribution in [2.24, 2.45) is 0 Å². The zero-order valence-electron chi connectivity index (χ0n) is 7.71. The minimum Gasteiger partial charge on any atom is -0.388 e. The van der Waals surface area contributed by atoms with E-state index in [1.54, 1.807) is 12.1 Å². The van der Waals surface area contributed by atoms with Gasteiger partial charge in [-0.3, -0.25) is 0 Å². The Morgan fingerprint density at radius 3 is 2.86 bits per heavy atom. The molecule has 1 N–H and O–H groups in total. The van der Waals surface area contributed by atoms with Crippen molar-refractivity contribution in [2.75, 3.05) is 0 Å². The maximum Gasteiger partial charge on any atom is 0.130 e. The van der Waals surface area contributed by atoms with Gasteiger partial charge in [0.05, 0.1) is 6.10 Å². The molecule has 0 aliphatic rings. The fraction of sp³-hybridized carbons (Fsp3) is 0.273. The molecule has 0 saturated carbocycles. The molecule has 0 radical (unpaired) electrons. The first-order valence-electron chi connectivity index (χ1n) is 4.39. The minimum absolute atomic E-state index is 0.288. The van der Waals surface area contributed by atoms with E-state index in [1.165, 1.54) is 12.1 Å². The van der Waals surface area contributed by atoms with E-state index in [0.29, 0.717) is 17.9 Å². The molecule has 0 aliphatic carbocycles. The Labute approximate surface area is 87.8 Å². The van der Waals surface area contributed by atoms with Crippen molar-refractivity contribution in [1.82, 2.24) is 0 Å². The second-order valence-electron chi connectivity index (χ2n) is 3.05. The fourth-order valence-electron chi connectivity index (χ4n) is 1.20. The van der Waals surface area contributed by atoms with Gasteiger partial charge in [0, 0.05) is 10.6 Å². The maximum atomic E-state index is 13.3. The Bertz CT molecular complexity index is 325. The summed E-state index contributed by atoms with van der Waals surface area (Å²) in [6.07, 6.45) is 2.03. The van der Waals surface area contributed by atoms with Gasteiger partial charge < -0.3 is 5.11 Å². The van der Waals surface area contributed by atoms with Gasteiger partial charge in [0.2, 0.25) is 0 Å². The monoisotopic (exact) mass is 214 g/mol. The number of rotatable bonds is 4. The van der Waals surface area contributed by atoms with Crippen LogP contribution in [0.2, 0.25) is 5.02 Å². The van der Waals surface area contributed by atoms with Gasteiger partial charge in [-0.1, -0.05) is 23.7 Å². The van der Waals surface area contributed by atoms with Gasteiger partial charge in [-0.15, -0.1) is 6.58 Å². The molecule has 1 nitrogen and oxygen atoms in total. The van der Waals surface area contributed by atoms with Crippen LogP contribution in [0.3, 0.4) is 0 Å². The zero-order valence-corrected chi connectivity index (χ0v) is 8.47. The predicted molar refractivity (Wildman–Crippen MR) is 55.8 cm³/mol. The Morgan fingerprint density at radius 2 is 2.29 bits per heavy atom. The Kier molecular flexibility index (Phi) is 4.11. The summed E-state index contributed by atoms with van der Waals surface area (Å²) in [6.45, 7) is 3.54. The minimum atomic E-state index is -0.787. The molecule has 0 aliphatic heterocycles. The molecule has 0 aromatic heterocycles. The summed E-state index contributed by atoms with van der Waals surface area (Å²) in [4.78, 5) is 0. The van der Waals surface area contributed by atoms with E-state index in [1.807, 2.05) is 0 Å². The lowest BCUT2D eigenvalue weighted by atomic mass is 10.0. The molecule has 1 unspecified atom stereocenters. The van der Waals surface area contributed by atoms with E-state index in [9.17, 15) is 9.50 Å². The molecule has 1 atom stereocenters. The van der Waals surface area contributed by atoms with Crippen molar-refractivity contribution in [2.45, 2.75) is 18.9 Å². The van der Waals surface area contributed by atoms with Crippen LogP contribution in [0, 0.1) is 5.82 Å². The molecule has 14 heavy (non-hydrogen) atoms. The first-order chi connectivity index (χ1) is 6.65. The number of hydrogen-bond donors (Lipinski definition) is 1. The molecular weight excluding hydrogens is 203 g/mol. The highest BCUT2D eigenvalue weighted by Crippen LogP contribution is 2.23. The summed E-state index contributed by atoms with van der Waals surface area (Å²) >= 11 is 5.59. The molecule has 0 bridgehead atoms. The fourth-order valence-corrected chi connectivity index (χ4v) is 1.36. The van der Waals surface area contributed by atoms with Crippen molar-refractivity contribution < 1.29 is 9.50 Å². The summed E-state index contributed by atoms with van der Waals surface area (Å²) < 4.78 is 13.3. The molecule has 1 aromatic rings. The average molecular weight is 215 g/mol. The van der Waals surface area contributed by atoms with Crippen molar-refractivity contribution in [3.63, 3.8) is 0 Å². The van der Waals surface area contributed by atoms with Crippen molar-refractivity contribution in [3.05, 3.63) is 47.3 Å². The van der Waals surface area contributed by atoms with E-state index in [2.05, 4.69) is 6.58 Å². The molecule has 0 fully saturated rings. The highest BCUT2D eigenvalue weighted by Gasteiger charge is 2.11. The third-order valence-electron chi connectivity index (χ3n) is 1.97. The van der Waals surface area contributed by atoms with Crippen LogP contribution in [0.1, 0.15) is 24.5 Å². The lowest BCUT2D eigenvalue weighted by molar-refractivity contribution is 0.164. The van der Waals surface area contributed by atoms with E-state index in [-0.39, 0.29) is 5.56 Å². The second-order valence-corrected chi connectivity index (χ2v) is 3.48. The molecule has 0 amide bonds. The highest BCUT2D eigenvalue weighted by atomic mass is 35.5. The van der Waals surface area contributed by atoms with E-state index < -0.39 is 11.9 Å². The topological polar surface area (TPSA) is 20.2 Å². The van der Waals surface area contributed by atoms with Crippen molar-refractivity contribution >= 4 is 11.6 Å². The number of hydrogen-bond acceptors (Lipinski definition) is 1. The zero-order chi connectivity index (χ0) is 10.6. The van der Waals surface area contributed by atoms with Crippen LogP contribution in [-0.2, 0) is 0 Å². The third kappa shape index (κ3) is 2.82. The first kappa shape index (κ1) is 11.2. The lowest BCUT2D eigenvalue weighted by Gasteiger charge is -2.10. The molecule has 1 aromatic carbocycles. The predicted octanol–water partition coefficient (Wildman–Crippen LogP) is 3.48. The SMILES string of the molecule is C=CCCC(O)c1ccc(Cl)cc1F. The van der Waals surface area contributed by atoms with Gasteiger partial charge in [-0.05, 0) is 25.0 Å². The van der Waals surface area contributed by atoms with Crippen LogP contribution < -0.4 is 0 Å². The van der Waals surface area contributed by atoms with Gasteiger partial charge in [0.15, 0.2) is 0 Å². The molecule has 0 spiro atoms. The molecular formula is C11H12ClFO. The van der Waals surface area contributed by atoms with E-state index in [4.69, 9.17) is 11.6 Å². The quantitative estimate of drug-likeness (QED) is 0.761. The second kappa shape index (κ2) is 5.13. The van der Waals surface area contributed by atoms with Gasteiger partial charge in [0.25, 0.3) is 0 Å². The first-order valence-corrected chi connectivity index (χ1v) is 4.77. The van der Waals surface area contributed by atoms with Crippen molar-refractivity contribution in [3.8, 4) is 0 Å². The van der Waals surface area contributed by atoms with E-state index >= 15 is 0 Å². The number of aliphatic hydroxyl groups is 1. The highest BCUT2D eigenvalue weighted by molar-refractivity contribution is 6.30. The normalized spacial score (nSPS) is 12.5. The van der Waals surface area contributed by atoms with Gasteiger partial charge in [-0.2, -0.15) is 0 Å². The summed E-state index contributed by atoms with van der Waals surface area (Å²) in [7, 11) is 0. The number of allylic oxidation sites excluding steroid dienone is 1. The average Bonchev–Trinajstić information content (AvgIpc) is 2.14. The van der Waals surface area contributed by atoms with Gasteiger partial charge >= 0.3 is 0 Å². The van der Waals surface area contributed by atoms with Gasteiger partial charge in [-0.25, -0.2) is 4.39 Å². The molecule has 76 valence electrons. The Hall–Kier alpha value is -0.860. The van der Waals surface area contributed by atoms with Crippen LogP contribution >= 0.6 is 11.6 Å². The molecule has 3 heteroatoms. The molecule has 1 rings (SSSR count). The Morgan fingerprint density at radius 1 is 1.57 bits per heavy atom. The Balaban J connectivity index is 2.78. The third-order valence-corrected chi connectivity index (χ3v) is 2.20. The summed E-state index contributed by atoms with van der Waals surface area (Å²) in [5.74, 6) is -0.464. The summed E-state index contributed by atoms with van der Waals surface area (Å²) in [6, 6.07) is 4.27. The largest absolute Gasteiger partial charge is 0.388 e. The molecule has 0 saturated heterocycles. The van der Waals surface area contributed by atoms with Crippen LogP contribution in [0.15, 0.2) is 30.9 Å². The number of halogens is 2.